The molecule has 1 amide bonds. The van der Waals surface area contributed by atoms with E-state index in [2.05, 4.69) is 0 Å². The molecule has 1 aromatic carbocycles. The predicted molar refractivity (Wildman–Crippen MR) is 117 cm³/mol. The first-order valence-electron chi connectivity index (χ1n) is 10.9. The summed E-state index contributed by atoms with van der Waals surface area (Å²) in [6.45, 7) is 13.4. The van der Waals surface area contributed by atoms with Crippen LogP contribution in [0.5, 0.6) is 0 Å². The summed E-state index contributed by atoms with van der Waals surface area (Å²) in [5, 5.41) is 11.2. The highest BCUT2D eigenvalue weighted by Gasteiger charge is 2.37. The van der Waals surface area contributed by atoms with Gasteiger partial charge in [0.05, 0.1) is 30.5 Å². The van der Waals surface area contributed by atoms with Gasteiger partial charge in [-0.3, -0.25) is 0 Å². The Hall–Kier alpha value is -1.63. The summed E-state index contributed by atoms with van der Waals surface area (Å²) < 4.78 is 17.6. The smallest absolute Gasteiger partial charge is 0.410 e. The molecular weight excluding hydrogens is 382 g/mol. The van der Waals surface area contributed by atoms with Crippen molar-refractivity contribution in [2.24, 2.45) is 0 Å². The van der Waals surface area contributed by atoms with E-state index in [1.165, 1.54) is 0 Å². The van der Waals surface area contributed by atoms with Gasteiger partial charge in [-0.05, 0) is 59.9 Å². The highest BCUT2D eigenvalue weighted by atomic mass is 16.6. The van der Waals surface area contributed by atoms with Crippen LogP contribution in [0.15, 0.2) is 30.3 Å². The molecule has 1 aromatic rings. The number of hydrogen-bond donors (Lipinski definition) is 1. The van der Waals surface area contributed by atoms with E-state index in [-0.39, 0.29) is 17.8 Å². The minimum atomic E-state index is -0.888. The van der Waals surface area contributed by atoms with Crippen LogP contribution in [0.25, 0.3) is 0 Å². The third-order valence-electron chi connectivity index (χ3n) is 4.98. The van der Waals surface area contributed by atoms with Crippen LogP contribution >= 0.6 is 0 Å². The van der Waals surface area contributed by atoms with Crippen molar-refractivity contribution in [1.82, 2.24) is 4.90 Å². The second-order valence-electron chi connectivity index (χ2n) is 10.2. The Morgan fingerprint density at radius 3 is 2.20 bits per heavy atom. The minimum Gasteiger partial charge on any atom is -0.444 e. The normalized spacial score (nSPS) is 18.2. The van der Waals surface area contributed by atoms with E-state index in [1.54, 1.807) is 4.90 Å². The first-order valence-corrected chi connectivity index (χ1v) is 10.9. The summed E-state index contributed by atoms with van der Waals surface area (Å²) in [5.41, 5.74) is -0.603. The maximum absolute atomic E-state index is 12.3. The molecule has 1 aliphatic rings. The molecule has 2 rings (SSSR count). The van der Waals surface area contributed by atoms with Crippen molar-refractivity contribution in [3.63, 3.8) is 0 Å². The highest BCUT2D eigenvalue weighted by molar-refractivity contribution is 5.68. The van der Waals surface area contributed by atoms with Crippen LogP contribution in [0.3, 0.4) is 0 Å². The first-order chi connectivity index (χ1) is 13.9. The number of piperidine rings is 1. The van der Waals surface area contributed by atoms with E-state index in [0.717, 1.165) is 5.56 Å². The minimum absolute atomic E-state index is 0.234. The number of amides is 1. The third-order valence-corrected chi connectivity index (χ3v) is 4.98. The average Bonchev–Trinajstić information content (AvgIpc) is 2.63. The van der Waals surface area contributed by atoms with E-state index >= 15 is 0 Å². The number of nitrogens with zero attached hydrogens (tertiary/aromatic N) is 1. The summed E-state index contributed by atoms with van der Waals surface area (Å²) in [5.74, 6) is 0. The fraction of sp³-hybridized carbons (Fsp3) is 0.708. The second kappa shape index (κ2) is 10.1. The van der Waals surface area contributed by atoms with Crippen LogP contribution in [-0.4, -0.2) is 58.7 Å². The van der Waals surface area contributed by atoms with Gasteiger partial charge in [0.1, 0.15) is 5.60 Å². The molecule has 1 aliphatic heterocycles. The summed E-state index contributed by atoms with van der Waals surface area (Å²) in [6, 6.07) is 9.99. The van der Waals surface area contributed by atoms with Gasteiger partial charge in [0.2, 0.25) is 0 Å². The van der Waals surface area contributed by atoms with Gasteiger partial charge in [-0.15, -0.1) is 0 Å². The van der Waals surface area contributed by atoms with Gasteiger partial charge in [0.15, 0.2) is 0 Å². The number of ether oxygens (including phenoxy) is 3. The monoisotopic (exact) mass is 421 g/mol. The lowest BCUT2D eigenvalue weighted by Crippen LogP contribution is -2.49. The zero-order valence-corrected chi connectivity index (χ0v) is 19.4. The molecule has 1 atom stereocenters. The zero-order valence-electron chi connectivity index (χ0n) is 19.4. The van der Waals surface area contributed by atoms with Crippen LogP contribution in [0, 0.1) is 0 Å². The lowest BCUT2D eigenvalue weighted by Gasteiger charge is -2.40. The molecule has 1 saturated heterocycles. The largest absolute Gasteiger partial charge is 0.444 e. The number of rotatable bonds is 7. The lowest BCUT2D eigenvalue weighted by molar-refractivity contribution is -0.117. The van der Waals surface area contributed by atoms with Gasteiger partial charge < -0.3 is 24.2 Å². The van der Waals surface area contributed by atoms with Crippen LogP contribution in [-0.2, 0) is 20.8 Å². The molecule has 1 unspecified atom stereocenters. The molecule has 1 fully saturated rings. The van der Waals surface area contributed by atoms with E-state index in [9.17, 15) is 9.90 Å². The van der Waals surface area contributed by atoms with Gasteiger partial charge in [0, 0.05) is 19.5 Å². The van der Waals surface area contributed by atoms with E-state index in [1.807, 2.05) is 71.9 Å². The zero-order chi connectivity index (χ0) is 22.4. The van der Waals surface area contributed by atoms with Crippen molar-refractivity contribution in [3.05, 3.63) is 35.9 Å². The van der Waals surface area contributed by atoms with Crippen molar-refractivity contribution in [3.8, 4) is 0 Å². The first kappa shape index (κ1) is 24.6. The Balaban J connectivity index is 1.93. The Labute approximate surface area is 181 Å². The SMILES string of the molecule is CC(C)(C)OCC(CC1(O)CCN(C(=O)OC(C)(C)C)CC1)OCc1ccccc1. The molecule has 0 bridgehead atoms. The van der Waals surface area contributed by atoms with Gasteiger partial charge >= 0.3 is 6.09 Å². The van der Waals surface area contributed by atoms with Crippen LogP contribution < -0.4 is 0 Å². The fourth-order valence-electron chi connectivity index (χ4n) is 3.36. The van der Waals surface area contributed by atoms with Crippen molar-refractivity contribution < 1.29 is 24.1 Å². The Morgan fingerprint density at radius 2 is 1.67 bits per heavy atom. The highest BCUT2D eigenvalue weighted by Crippen LogP contribution is 2.29. The van der Waals surface area contributed by atoms with Crippen LogP contribution in [0.4, 0.5) is 4.79 Å². The molecule has 1 N–H and O–H groups in total. The second-order valence-corrected chi connectivity index (χ2v) is 10.2. The molecule has 0 spiro atoms. The summed E-state index contributed by atoms with van der Waals surface area (Å²) >= 11 is 0. The van der Waals surface area contributed by atoms with Crippen LogP contribution in [0.1, 0.15) is 66.4 Å². The lowest BCUT2D eigenvalue weighted by atomic mass is 9.86. The molecule has 6 nitrogen and oxygen atoms in total. The Bertz CT molecular complexity index is 654. The number of aliphatic hydroxyl groups is 1. The van der Waals surface area contributed by atoms with E-state index in [4.69, 9.17) is 14.2 Å². The number of likely N-dealkylation sites (tertiary alicyclic amines) is 1. The van der Waals surface area contributed by atoms with E-state index < -0.39 is 11.2 Å². The Morgan fingerprint density at radius 1 is 1.07 bits per heavy atom. The summed E-state index contributed by atoms with van der Waals surface area (Å²) in [4.78, 5) is 14.0. The third kappa shape index (κ3) is 9.02. The number of hydrogen-bond acceptors (Lipinski definition) is 5. The van der Waals surface area contributed by atoms with Crippen molar-refractivity contribution in [1.29, 1.82) is 0 Å². The average molecular weight is 422 g/mol. The summed E-state index contributed by atoms with van der Waals surface area (Å²) in [6.07, 6.45) is 0.901. The topological polar surface area (TPSA) is 68.2 Å². The quantitative estimate of drug-likeness (QED) is 0.700. The molecule has 170 valence electrons. The number of benzene rings is 1. The van der Waals surface area contributed by atoms with Crippen LogP contribution in [0.2, 0.25) is 0 Å². The predicted octanol–water partition coefficient (Wildman–Crippen LogP) is 4.54. The molecule has 0 saturated carbocycles. The molecule has 0 aromatic heterocycles. The molecule has 6 heteroatoms. The van der Waals surface area contributed by atoms with Crippen molar-refractivity contribution >= 4 is 6.09 Å². The van der Waals surface area contributed by atoms with Gasteiger partial charge in [-0.25, -0.2) is 4.79 Å². The van der Waals surface area contributed by atoms with Crippen molar-refractivity contribution in [2.45, 2.75) is 90.3 Å². The van der Waals surface area contributed by atoms with Crippen molar-refractivity contribution in [2.75, 3.05) is 19.7 Å². The summed E-state index contributed by atoms with van der Waals surface area (Å²) in [7, 11) is 0. The molecule has 30 heavy (non-hydrogen) atoms. The maximum atomic E-state index is 12.3. The Kier molecular flexibility index (Phi) is 8.31. The van der Waals surface area contributed by atoms with Gasteiger partial charge in [-0.1, -0.05) is 30.3 Å². The van der Waals surface area contributed by atoms with Gasteiger partial charge in [0.25, 0.3) is 0 Å². The standard InChI is InChI=1S/C24H39NO5/c1-22(2,3)29-18-20(28-17-19-10-8-7-9-11-19)16-24(27)12-14-25(15-13-24)21(26)30-23(4,5)6/h7-11,20,27H,12-18H2,1-6H3. The number of carbonyl (C=O) groups is 1. The molecular formula is C24H39NO5. The fourth-order valence-corrected chi connectivity index (χ4v) is 3.36. The molecule has 0 aliphatic carbocycles. The molecule has 0 radical (unpaired) electrons. The van der Waals surface area contributed by atoms with Gasteiger partial charge in [-0.2, -0.15) is 0 Å². The maximum Gasteiger partial charge on any atom is 0.410 e. The van der Waals surface area contributed by atoms with E-state index in [0.29, 0.717) is 45.6 Å². The molecule has 1 heterocycles. The number of carbonyl (C=O) groups excluding carboxylic acids is 1.